The Labute approximate surface area is 119 Å². The summed E-state index contributed by atoms with van der Waals surface area (Å²) in [7, 11) is -3.45. The first-order valence-corrected chi connectivity index (χ1v) is 8.14. The van der Waals surface area contributed by atoms with Crippen LogP contribution in [0, 0.1) is 0 Å². The molecule has 0 saturated carbocycles. The van der Waals surface area contributed by atoms with Crippen LogP contribution in [-0.2, 0) is 10.2 Å². The molecule has 7 heteroatoms. The number of nitrogens with one attached hydrogen (secondary N) is 1. The van der Waals surface area contributed by atoms with Gasteiger partial charge in [-0.05, 0) is 12.1 Å². The fourth-order valence-corrected chi connectivity index (χ4v) is 3.28. The van der Waals surface area contributed by atoms with Crippen molar-refractivity contribution in [2.24, 2.45) is 0 Å². The van der Waals surface area contributed by atoms with Gasteiger partial charge in [-0.2, -0.15) is 17.4 Å². The lowest BCUT2D eigenvalue weighted by atomic mass is 10.2. The molecular weight excluding hydrogens is 280 g/mol. The minimum atomic E-state index is -3.45. The molecule has 20 heavy (non-hydrogen) atoms. The topological polar surface area (TPSA) is 67.9 Å². The molecule has 0 aromatic heterocycles. The third-order valence-electron chi connectivity index (χ3n) is 3.11. The van der Waals surface area contributed by atoms with E-state index in [1.54, 1.807) is 19.9 Å². The molecule has 1 aromatic carbocycles. The summed E-state index contributed by atoms with van der Waals surface area (Å²) in [6.45, 7) is 5.01. The van der Waals surface area contributed by atoms with Crippen LogP contribution < -0.4 is 14.2 Å². The maximum atomic E-state index is 12.0. The first-order chi connectivity index (χ1) is 9.56. The predicted molar refractivity (Wildman–Crippen MR) is 76.2 cm³/mol. The Balaban J connectivity index is 1.93. The number of hydrogen-bond donors (Lipinski definition) is 1. The molecule has 112 valence electrons. The molecule has 1 atom stereocenters. The van der Waals surface area contributed by atoms with Crippen LogP contribution in [0.4, 0.5) is 0 Å². The quantitative estimate of drug-likeness (QED) is 0.851. The lowest BCUT2D eigenvalue weighted by Gasteiger charge is -2.27. The van der Waals surface area contributed by atoms with Crippen molar-refractivity contribution in [2.45, 2.75) is 20.0 Å². The molecule has 0 bridgehead atoms. The first kappa shape index (κ1) is 15.1. The van der Waals surface area contributed by atoms with Crippen molar-refractivity contribution < 1.29 is 17.9 Å². The Kier molecular flexibility index (Phi) is 4.85. The molecule has 6 nitrogen and oxygen atoms in total. The van der Waals surface area contributed by atoms with Gasteiger partial charge >= 0.3 is 0 Å². The average molecular weight is 300 g/mol. The van der Waals surface area contributed by atoms with Crippen LogP contribution in [0.1, 0.15) is 13.8 Å². The van der Waals surface area contributed by atoms with Crippen LogP contribution in [0.25, 0.3) is 0 Å². The Morgan fingerprint density at radius 2 is 1.90 bits per heavy atom. The van der Waals surface area contributed by atoms with Crippen molar-refractivity contribution in [2.75, 3.05) is 26.2 Å². The van der Waals surface area contributed by atoms with E-state index in [0.717, 1.165) is 0 Å². The van der Waals surface area contributed by atoms with Crippen molar-refractivity contribution in [3.63, 3.8) is 0 Å². The summed E-state index contributed by atoms with van der Waals surface area (Å²) in [6.07, 6.45) is -0.324. The van der Waals surface area contributed by atoms with E-state index in [2.05, 4.69) is 4.72 Å². The van der Waals surface area contributed by atoms with E-state index in [4.69, 9.17) is 9.47 Å². The molecule has 0 aliphatic carbocycles. The number of ether oxygens (including phenoxy) is 2. The monoisotopic (exact) mass is 300 g/mol. The van der Waals surface area contributed by atoms with E-state index < -0.39 is 10.2 Å². The summed E-state index contributed by atoms with van der Waals surface area (Å²) < 4.78 is 39.2. The zero-order chi connectivity index (χ0) is 14.6. The zero-order valence-electron chi connectivity index (χ0n) is 11.7. The minimum absolute atomic E-state index is 0.188. The number of benzene rings is 1. The highest BCUT2D eigenvalue weighted by Gasteiger charge is 2.24. The second-order valence-electron chi connectivity index (χ2n) is 4.44. The molecule has 0 unspecified atom stereocenters. The number of fused-ring (bicyclic) bond motifs is 1. The molecule has 1 N–H and O–H groups in total. The van der Waals surface area contributed by atoms with Crippen molar-refractivity contribution >= 4 is 10.2 Å². The Bertz CT molecular complexity index is 543. The number of para-hydroxylation sites is 2. The van der Waals surface area contributed by atoms with Crippen molar-refractivity contribution in [1.29, 1.82) is 0 Å². The predicted octanol–water partition coefficient (Wildman–Crippen LogP) is 1.00. The van der Waals surface area contributed by atoms with Gasteiger partial charge in [-0.25, -0.2) is 0 Å². The van der Waals surface area contributed by atoms with Gasteiger partial charge in [-0.1, -0.05) is 26.0 Å². The van der Waals surface area contributed by atoms with Gasteiger partial charge < -0.3 is 9.47 Å². The van der Waals surface area contributed by atoms with Crippen LogP contribution >= 0.6 is 0 Å². The van der Waals surface area contributed by atoms with E-state index in [1.165, 1.54) is 4.31 Å². The largest absolute Gasteiger partial charge is 0.486 e. The molecule has 0 radical (unpaired) electrons. The summed E-state index contributed by atoms with van der Waals surface area (Å²) in [5, 5.41) is 0. The summed E-state index contributed by atoms with van der Waals surface area (Å²) in [4.78, 5) is 0. The maximum absolute atomic E-state index is 12.0. The second-order valence-corrected chi connectivity index (χ2v) is 6.19. The van der Waals surface area contributed by atoms with Crippen molar-refractivity contribution in [3.8, 4) is 11.5 Å². The van der Waals surface area contributed by atoms with Crippen molar-refractivity contribution in [3.05, 3.63) is 24.3 Å². The van der Waals surface area contributed by atoms with Gasteiger partial charge in [0.2, 0.25) is 0 Å². The minimum Gasteiger partial charge on any atom is -0.486 e. The zero-order valence-corrected chi connectivity index (χ0v) is 12.5. The van der Waals surface area contributed by atoms with Gasteiger partial charge in [0.15, 0.2) is 11.5 Å². The smallest absolute Gasteiger partial charge is 0.279 e. The normalized spacial score (nSPS) is 18.2. The Hall–Kier alpha value is -1.31. The third kappa shape index (κ3) is 3.41. The van der Waals surface area contributed by atoms with E-state index >= 15 is 0 Å². The molecule has 0 saturated heterocycles. The third-order valence-corrected chi connectivity index (χ3v) is 4.83. The van der Waals surface area contributed by atoms with Gasteiger partial charge in [-0.15, -0.1) is 0 Å². The fraction of sp³-hybridized carbons (Fsp3) is 0.538. The van der Waals surface area contributed by atoms with Crippen LogP contribution in [-0.4, -0.2) is 45.1 Å². The lowest BCUT2D eigenvalue weighted by molar-refractivity contribution is 0.0940. The molecular formula is C13H20N2O4S. The molecule has 1 aliphatic heterocycles. The standard InChI is InChI=1S/C13H20N2O4S/c1-3-15(4-2)20(16,17)14-9-11-10-18-12-7-5-6-8-13(12)19-11/h5-8,11,14H,3-4,9-10H2,1-2H3/t11-/m1/s1. The van der Waals surface area contributed by atoms with Crippen LogP contribution in [0.2, 0.25) is 0 Å². The molecule has 0 spiro atoms. The number of nitrogens with zero attached hydrogens (tertiary/aromatic N) is 1. The van der Waals surface area contributed by atoms with Gasteiger partial charge in [0.25, 0.3) is 10.2 Å². The highest BCUT2D eigenvalue weighted by atomic mass is 32.2. The number of rotatable bonds is 6. The van der Waals surface area contributed by atoms with Gasteiger partial charge in [0.1, 0.15) is 12.7 Å². The van der Waals surface area contributed by atoms with Crippen LogP contribution in [0.5, 0.6) is 11.5 Å². The Morgan fingerprint density at radius 3 is 2.55 bits per heavy atom. The van der Waals surface area contributed by atoms with E-state index in [9.17, 15) is 8.42 Å². The van der Waals surface area contributed by atoms with Crippen molar-refractivity contribution in [1.82, 2.24) is 9.03 Å². The highest BCUT2D eigenvalue weighted by molar-refractivity contribution is 7.87. The SMILES string of the molecule is CCN(CC)S(=O)(=O)NC[C@@H]1COc2ccccc2O1. The van der Waals surface area contributed by atoms with Gasteiger partial charge in [0.05, 0.1) is 6.54 Å². The Morgan fingerprint density at radius 1 is 1.25 bits per heavy atom. The van der Waals surface area contributed by atoms with E-state index in [-0.39, 0.29) is 12.6 Å². The molecule has 2 rings (SSSR count). The highest BCUT2D eigenvalue weighted by Crippen LogP contribution is 2.30. The summed E-state index contributed by atoms with van der Waals surface area (Å²) in [5.74, 6) is 1.33. The summed E-state index contributed by atoms with van der Waals surface area (Å²) in [6, 6.07) is 7.35. The molecule has 0 fully saturated rings. The van der Waals surface area contributed by atoms with Gasteiger partial charge in [-0.3, -0.25) is 0 Å². The fourth-order valence-electron chi connectivity index (χ4n) is 2.02. The first-order valence-electron chi connectivity index (χ1n) is 6.70. The lowest BCUT2D eigenvalue weighted by Crippen LogP contribution is -2.46. The van der Waals surface area contributed by atoms with Gasteiger partial charge in [0, 0.05) is 13.1 Å². The maximum Gasteiger partial charge on any atom is 0.279 e. The summed E-state index contributed by atoms with van der Waals surface area (Å²) in [5.41, 5.74) is 0. The number of hydrogen-bond acceptors (Lipinski definition) is 4. The molecule has 1 aromatic rings. The second kappa shape index (κ2) is 6.43. The molecule has 1 aliphatic rings. The average Bonchev–Trinajstić information content (AvgIpc) is 2.46. The van der Waals surface area contributed by atoms with E-state index in [1.807, 2.05) is 18.2 Å². The molecule has 0 amide bonds. The van der Waals surface area contributed by atoms with E-state index in [0.29, 0.717) is 31.2 Å². The summed E-state index contributed by atoms with van der Waals surface area (Å²) >= 11 is 0. The van der Waals surface area contributed by atoms with Crippen LogP contribution in [0.15, 0.2) is 24.3 Å². The molecule has 1 heterocycles. The van der Waals surface area contributed by atoms with Crippen LogP contribution in [0.3, 0.4) is 0 Å².